The maximum Gasteiger partial charge on any atom is 0.255 e. The molecular formula is C21H24N2O4S. The first-order chi connectivity index (χ1) is 13.5. The molecule has 3 rings (SSSR count). The van der Waals surface area contributed by atoms with Crippen molar-refractivity contribution in [2.75, 3.05) is 40.4 Å². The third kappa shape index (κ3) is 4.25. The largest absolute Gasteiger partial charge is 0.493 e. The number of thiol groups is 1. The van der Waals surface area contributed by atoms with Crippen LogP contribution >= 0.6 is 12.6 Å². The van der Waals surface area contributed by atoms with Crippen molar-refractivity contribution in [3.63, 3.8) is 0 Å². The van der Waals surface area contributed by atoms with Crippen molar-refractivity contribution in [2.24, 2.45) is 0 Å². The summed E-state index contributed by atoms with van der Waals surface area (Å²) in [4.78, 5) is 30.0. The molecule has 1 saturated heterocycles. The van der Waals surface area contributed by atoms with Gasteiger partial charge in [-0.2, -0.15) is 0 Å². The van der Waals surface area contributed by atoms with Gasteiger partial charge in [0.25, 0.3) is 11.8 Å². The van der Waals surface area contributed by atoms with E-state index in [1.54, 1.807) is 54.4 Å². The average molecular weight is 401 g/mol. The fourth-order valence-corrected chi connectivity index (χ4v) is 3.56. The van der Waals surface area contributed by atoms with Crippen molar-refractivity contribution in [3.05, 3.63) is 53.6 Å². The predicted octanol–water partition coefficient (Wildman–Crippen LogP) is 2.98. The monoisotopic (exact) mass is 400 g/mol. The number of ether oxygens (including phenoxy) is 2. The standard InChI is InChI=1S/C21H24N2O4S/c1-26-17-9-8-15(14-18(17)27-2)20(24)22-10-5-11-23(13-12-22)21(25)16-6-3-4-7-19(16)28/h3-4,6-9,14,28H,5,10-13H2,1-2H3. The summed E-state index contributed by atoms with van der Waals surface area (Å²) in [7, 11) is 3.10. The second-order valence-corrected chi connectivity index (χ2v) is 7.01. The Hall–Kier alpha value is -2.67. The molecule has 0 unspecified atom stereocenters. The van der Waals surface area contributed by atoms with Crippen LogP contribution in [0.15, 0.2) is 47.4 Å². The molecule has 0 atom stereocenters. The van der Waals surface area contributed by atoms with E-state index >= 15 is 0 Å². The summed E-state index contributed by atoms with van der Waals surface area (Å²) < 4.78 is 10.5. The molecule has 0 spiro atoms. The van der Waals surface area contributed by atoms with Gasteiger partial charge in [-0.1, -0.05) is 12.1 Å². The molecule has 0 radical (unpaired) electrons. The van der Waals surface area contributed by atoms with E-state index in [-0.39, 0.29) is 11.8 Å². The fourth-order valence-electron chi connectivity index (χ4n) is 3.30. The van der Waals surface area contributed by atoms with Crippen molar-refractivity contribution in [1.82, 2.24) is 9.80 Å². The van der Waals surface area contributed by atoms with E-state index in [2.05, 4.69) is 12.6 Å². The van der Waals surface area contributed by atoms with E-state index in [1.807, 2.05) is 12.1 Å². The smallest absolute Gasteiger partial charge is 0.255 e. The van der Waals surface area contributed by atoms with Gasteiger partial charge in [0, 0.05) is 36.6 Å². The minimum atomic E-state index is -0.0788. The maximum atomic E-state index is 12.9. The van der Waals surface area contributed by atoms with Crippen molar-refractivity contribution < 1.29 is 19.1 Å². The molecule has 1 aliphatic heterocycles. The van der Waals surface area contributed by atoms with Crippen molar-refractivity contribution in [2.45, 2.75) is 11.3 Å². The van der Waals surface area contributed by atoms with Crippen LogP contribution in [0.5, 0.6) is 11.5 Å². The zero-order chi connectivity index (χ0) is 20.1. The van der Waals surface area contributed by atoms with Crippen molar-refractivity contribution >= 4 is 24.4 Å². The van der Waals surface area contributed by atoms with Crippen LogP contribution in [-0.4, -0.2) is 62.0 Å². The fraction of sp³-hybridized carbons (Fsp3) is 0.333. The van der Waals surface area contributed by atoms with E-state index < -0.39 is 0 Å². The molecule has 28 heavy (non-hydrogen) atoms. The van der Waals surface area contributed by atoms with Crippen LogP contribution in [-0.2, 0) is 0 Å². The van der Waals surface area contributed by atoms with Crippen molar-refractivity contribution in [1.29, 1.82) is 0 Å². The van der Waals surface area contributed by atoms with Crippen LogP contribution in [0.2, 0.25) is 0 Å². The predicted molar refractivity (Wildman–Crippen MR) is 110 cm³/mol. The first-order valence-corrected chi connectivity index (χ1v) is 9.58. The third-order valence-corrected chi connectivity index (χ3v) is 5.23. The third-order valence-electron chi connectivity index (χ3n) is 4.84. The topological polar surface area (TPSA) is 59.1 Å². The number of amides is 2. The molecule has 0 aromatic heterocycles. The summed E-state index contributed by atoms with van der Waals surface area (Å²) in [6.07, 6.45) is 0.722. The highest BCUT2D eigenvalue weighted by atomic mass is 32.1. The summed E-state index contributed by atoms with van der Waals surface area (Å²) in [6.45, 7) is 2.17. The summed E-state index contributed by atoms with van der Waals surface area (Å²) >= 11 is 4.38. The maximum absolute atomic E-state index is 12.9. The van der Waals surface area contributed by atoms with E-state index in [0.717, 1.165) is 6.42 Å². The van der Waals surface area contributed by atoms with E-state index in [4.69, 9.17) is 9.47 Å². The van der Waals surface area contributed by atoms with Gasteiger partial charge in [-0.15, -0.1) is 12.6 Å². The molecule has 2 aromatic carbocycles. The summed E-state index contributed by atoms with van der Waals surface area (Å²) in [5.74, 6) is 0.971. The highest BCUT2D eigenvalue weighted by Gasteiger charge is 2.24. The van der Waals surface area contributed by atoms with Gasteiger partial charge in [-0.3, -0.25) is 9.59 Å². The number of methoxy groups -OCH3 is 2. The van der Waals surface area contributed by atoms with Gasteiger partial charge in [0.1, 0.15) is 0 Å². The second kappa shape index (κ2) is 9.01. The molecule has 1 heterocycles. The normalized spacial score (nSPS) is 14.4. The highest BCUT2D eigenvalue weighted by molar-refractivity contribution is 7.80. The Morgan fingerprint density at radius 3 is 2.14 bits per heavy atom. The minimum Gasteiger partial charge on any atom is -0.493 e. The second-order valence-electron chi connectivity index (χ2n) is 6.52. The molecule has 0 aliphatic carbocycles. The lowest BCUT2D eigenvalue weighted by molar-refractivity contribution is 0.0717. The number of hydrogen-bond acceptors (Lipinski definition) is 5. The molecule has 2 aromatic rings. The van der Waals surface area contributed by atoms with Crippen LogP contribution in [0.4, 0.5) is 0 Å². The molecule has 0 N–H and O–H groups in total. The minimum absolute atomic E-state index is 0.0500. The molecule has 2 amide bonds. The number of nitrogens with zero attached hydrogens (tertiary/aromatic N) is 2. The van der Waals surface area contributed by atoms with Crippen molar-refractivity contribution in [3.8, 4) is 11.5 Å². The van der Waals surface area contributed by atoms with E-state index in [1.165, 1.54) is 0 Å². The van der Waals surface area contributed by atoms with E-state index in [0.29, 0.717) is 53.7 Å². The van der Waals surface area contributed by atoms with Gasteiger partial charge >= 0.3 is 0 Å². The zero-order valence-electron chi connectivity index (χ0n) is 16.1. The van der Waals surface area contributed by atoms with E-state index in [9.17, 15) is 9.59 Å². The average Bonchev–Trinajstić information content (AvgIpc) is 2.99. The quantitative estimate of drug-likeness (QED) is 0.802. The Morgan fingerprint density at radius 1 is 0.857 bits per heavy atom. The molecule has 0 bridgehead atoms. The lowest BCUT2D eigenvalue weighted by Crippen LogP contribution is -2.37. The molecule has 148 valence electrons. The molecule has 7 heteroatoms. The Kier molecular flexibility index (Phi) is 6.46. The Balaban J connectivity index is 1.70. The van der Waals surface area contributed by atoms with Gasteiger partial charge in [0.2, 0.25) is 0 Å². The van der Waals surface area contributed by atoms with Gasteiger partial charge < -0.3 is 19.3 Å². The van der Waals surface area contributed by atoms with Gasteiger partial charge in [-0.05, 0) is 36.8 Å². The summed E-state index contributed by atoms with van der Waals surface area (Å²) in [5, 5.41) is 0. The first-order valence-electron chi connectivity index (χ1n) is 9.13. The van der Waals surface area contributed by atoms with Gasteiger partial charge in [0.15, 0.2) is 11.5 Å². The number of carbonyl (C=O) groups excluding carboxylic acids is 2. The van der Waals surface area contributed by atoms with Gasteiger partial charge in [-0.25, -0.2) is 0 Å². The Bertz CT molecular complexity index is 871. The summed E-state index contributed by atoms with van der Waals surface area (Å²) in [6, 6.07) is 12.4. The molecule has 1 fully saturated rings. The van der Waals surface area contributed by atoms with Crippen LogP contribution in [0.1, 0.15) is 27.1 Å². The molecular weight excluding hydrogens is 376 g/mol. The number of hydrogen-bond donors (Lipinski definition) is 1. The number of carbonyl (C=O) groups is 2. The number of rotatable bonds is 4. The number of benzene rings is 2. The van der Waals surface area contributed by atoms with Crippen LogP contribution in [0.3, 0.4) is 0 Å². The zero-order valence-corrected chi connectivity index (χ0v) is 16.9. The lowest BCUT2D eigenvalue weighted by atomic mass is 10.1. The lowest BCUT2D eigenvalue weighted by Gasteiger charge is -2.23. The van der Waals surface area contributed by atoms with Crippen LogP contribution in [0.25, 0.3) is 0 Å². The summed E-state index contributed by atoms with van der Waals surface area (Å²) in [5.41, 5.74) is 1.13. The first kappa shape index (κ1) is 20.1. The molecule has 6 nitrogen and oxygen atoms in total. The Morgan fingerprint density at radius 2 is 1.50 bits per heavy atom. The molecule has 1 aliphatic rings. The SMILES string of the molecule is COc1ccc(C(=O)N2CCCN(C(=O)c3ccccc3S)CC2)cc1OC. The van der Waals surface area contributed by atoms with Gasteiger partial charge in [0.05, 0.1) is 19.8 Å². The van der Waals surface area contributed by atoms with Crippen LogP contribution in [0, 0.1) is 0 Å². The Labute approximate surface area is 170 Å². The molecule has 0 saturated carbocycles. The van der Waals surface area contributed by atoms with Crippen LogP contribution < -0.4 is 9.47 Å². The highest BCUT2D eigenvalue weighted by Crippen LogP contribution is 2.28.